The Morgan fingerprint density at radius 2 is 1.92 bits per heavy atom. The molecule has 2 rings (SSSR count). The van der Waals surface area contributed by atoms with Gasteiger partial charge in [0, 0.05) is 12.1 Å². The zero-order valence-corrected chi connectivity index (χ0v) is 15.6. The molecule has 0 saturated heterocycles. The van der Waals surface area contributed by atoms with Crippen LogP contribution in [0.4, 0.5) is 5.69 Å². The summed E-state index contributed by atoms with van der Waals surface area (Å²) < 4.78 is 5.91. The number of amidine groups is 1. The molecule has 2 aromatic carbocycles. The van der Waals surface area contributed by atoms with Crippen molar-refractivity contribution in [2.75, 3.05) is 12.4 Å². The maximum Gasteiger partial charge on any atom is 0.159 e. The van der Waals surface area contributed by atoms with Gasteiger partial charge in [-0.05, 0) is 48.8 Å². The van der Waals surface area contributed by atoms with Gasteiger partial charge in [0.1, 0.15) is 5.75 Å². The van der Waals surface area contributed by atoms with Crippen molar-refractivity contribution in [3.63, 3.8) is 0 Å². The van der Waals surface area contributed by atoms with E-state index in [1.807, 2.05) is 31.2 Å². The average Bonchev–Trinajstić information content (AvgIpc) is 2.63. The maximum atomic E-state index is 5.91. The second kappa shape index (κ2) is 10.8. The number of aryl methyl sites for hydroxylation is 1. The Balaban J connectivity index is 1.84. The summed E-state index contributed by atoms with van der Waals surface area (Å²) >= 11 is 1.53. The largest absolute Gasteiger partial charge is 0.493 e. The van der Waals surface area contributed by atoms with E-state index in [1.165, 1.54) is 17.3 Å². The van der Waals surface area contributed by atoms with E-state index in [9.17, 15) is 0 Å². The molecule has 0 heterocycles. The van der Waals surface area contributed by atoms with Crippen molar-refractivity contribution < 1.29 is 4.74 Å². The van der Waals surface area contributed by atoms with Crippen LogP contribution >= 0.6 is 11.8 Å². The minimum atomic E-state index is 0.420. The fraction of sp³-hybridized carbons (Fsp3) is 0.350. The highest BCUT2D eigenvalue weighted by molar-refractivity contribution is 8.13. The van der Waals surface area contributed by atoms with E-state index in [0.29, 0.717) is 18.3 Å². The molecule has 0 aromatic heterocycles. The van der Waals surface area contributed by atoms with Gasteiger partial charge in [0.15, 0.2) is 5.17 Å². The summed E-state index contributed by atoms with van der Waals surface area (Å²) in [5, 5.41) is 0.569. The molecule has 0 aliphatic heterocycles. The van der Waals surface area contributed by atoms with Gasteiger partial charge >= 0.3 is 0 Å². The number of rotatable bonds is 9. The number of hydrogen-bond donors (Lipinski definition) is 2. The third kappa shape index (κ3) is 6.80. The van der Waals surface area contributed by atoms with E-state index >= 15 is 0 Å². The normalized spacial score (nSPS) is 11.5. The lowest BCUT2D eigenvalue weighted by Crippen LogP contribution is -2.06. The molecule has 0 saturated carbocycles. The van der Waals surface area contributed by atoms with Gasteiger partial charge in [0.25, 0.3) is 0 Å². The number of nitrogens with zero attached hydrogens (tertiary/aromatic N) is 1. The van der Waals surface area contributed by atoms with E-state index in [0.717, 1.165) is 42.0 Å². The molecule has 0 spiro atoms. The van der Waals surface area contributed by atoms with Gasteiger partial charge in [-0.25, -0.2) is 4.99 Å². The summed E-state index contributed by atoms with van der Waals surface area (Å²) in [4.78, 5) is 4.39. The fourth-order valence-corrected chi connectivity index (χ4v) is 2.97. The molecule has 0 aliphatic carbocycles. The minimum absolute atomic E-state index is 0.420. The summed E-state index contributed by atoms with van der Waals surface area (Å²) in [6.45, 7) is 3.16. The van der Waals surface area contributed by atoms with Gasteiger partial charge in [-0.3, -0.25) is 0 Å². The monoisotopic (exact) mass is 357 g/mol. The Bertz CT molecular complexity index is 674. The van der Waals surface area contributed by atoms with Gasteiger partial charge in [0.05, 0.1) is 12.3 Å². The van der Waals surface area contributed by atoms with Crippen LogP contribution in [0.25, 0.3) is 0 Å². The molecule has 134 valence electrons. The number of nitrogens with two attached hydrogens (primary N) is 2. The Kier molecular flexibility index (Phi) is 8.35. The van der Waals surface area contributed by atoms with Gasteiger partial charge in [-0.1, -0.05) is 49.0 Å². The van der Waals surface area contributed by atoms with E-state index in [-0.39, 0.29) is 0 Å². The first-order chi connectivity index (χ1) is 12.2. The van der Waals surface area contributed by atoms with Crippen molar-refractivity contribution in [1.82, 2.24) is 0 Å². The van der Waals surface area contributed by atoms with Crippen LogP contribution in [0.5, 0.6) is 5.75 Å². The molecule has 0 amide bonds. The SMILES string of the molecule is CCSC(N)=Nc1ccc(OCCCCc2ccccc2)c(CN)c1. The van der Waals surface area contributed by atoms with Crippen molar-refractivity contribution >= 4 is 22.6 Å². The molecule has 0 unspecified atom stereocenters. The van der Waals surface area contributed by atoms with Gasteiger partial charge in [0.2, 0.25) is 0 Å². The topological polar surface area (TPSA) is 73.6 Å². The second-order valence-electron chi connectivity index (χ2n) is 5.67. The lowest BCUT2D eigenvalue weighted by molar-refractivity contribution is 0.304. The van der Waals surface area contributed by atoms with Crippen molar-refractivity contribution in [3.05, 3.63) is 59.7 Å². The van der Waals surface area contributed by atoms with Crippen LogP contribution in [-0.2, 0) is 13.0 Å². The molecule has 0 fully saturated rings. The smallest absolute Gasteiger partial charge is 0.159 e. The van der Waals surface area contributed by atoms with E-state index < -0.39 is 0 Å². The zero-order valence-electron chi connectivity index (χ0n) is 14.8. The van der Waals surface area contributed by atoms with Crippen LogP contribution in [0.2, 0.25) is 0 Å². The molecular weight excluding hydrogens is 330 g/mol. The summed E-state index contributed by atoms with van der Waals surface area (Å²) in [5.41, 5.74) is 14.9. The van der Waals surface area contributed by atoms with Gasteiger partial charge < -0.3 is 16.2 Å². The Hall–Kier alpha value is -1.98. The second-order valence-corrected chi connectivity index (χ2v) is 6.95. The van der Waals surface area contributed by atoms with Crippen LogP contribution in [-0.4, -0.2) is 17.5 Å². The molecule has 5 heteroatoms. The quantitative estimate of drug-likeness (QED) is 0.400. The van der Waals surface area contributed by atoms with E-state index in [1.54, 1.807) is 0 Å². The Morgan fingerprint density at radius 1 is 1.12 bits per heavy atom. The van der Waals surface area contributed by atoms with Crippen molar-refractivity contribution in [2.45, 2.75) is 32.7 Å². The minimum Gasteiger partial charge on any atom is -0.493 e. The van der Waals surface area contributed by atoms with Gasteiger partial charge in [-0.2, -0.15) is 0 Å². The number of aliphatic imine (C=N–C) groups is 1. The van der Waals surface area contributed by atoms with E-state index in [4.69, 9.17) is 16.2 Å². The third-order valence-electron chi connectivity index (χ3n) is 3.76. The van der Waals surface area contributed by atoms with Gasteiger partial charge in [-0.15, -0.1) is 0 Å². The van der Waals surface area contributed by atoms with Crippen molar-refractivity contribution in [1.29, 1.82) is 0 Å². The first-order valence-corrected chi connectivity index (χ1v) is 9.68. The lowest BCUT2D eigenvalue weighted by Gasteiger charge is -2.11. The molecule has 25 heavy (non-hydrogen) atoms. The highest BCUT2D eigenvalue weighted by atomic mass is 32.2. The summed E-state index contributed by atoms with van der Waals surface area (Å²) in [7, 11) is 0. The van der Waals surface area contributed by atoms with Crippen LogP contribution in [0.3, 0.4) is 0 Å². The van der Waals surface area contributed by atoms with Crippen LogP contribution in [0.15, 0.2) is 53.5 Å². The Morgan fingerprint density at radius 3 is 2.64 bits per heavy atom. The maximum absolute atomic E-state index is 5.91. The average molecular weight is 358 g/mol. The standard InChI is InChI=1S/C20H27N3OS/c1-2-25-20(22)23-18-11-12-19(17(14-18)15-21)24-13-7-6-10-16-8-4-3-5-9-16/h3-5,8-9,11-12,14H,2,6-7,10,13,15,21H2,1H3,(H2,22,23). The van der Waals surface area contributed by atoms with Crippen LogP contribution in [0, 0.1) is 0 Å². The molecule has 4 nitrogen and oxygen atoms in total. The fourth-order valence-electron chi connectivity index (χ4n) is 2.50. The predicted molar refractivity (Wildman–Crippen MR) is 109 cm³/mol. The van der Waals surface area contributed by atoms with Crippen LogP contribution < -0.4 is 16.2 Å². The molecule has 4 N–H and O–H groups in total. The number of ether oxygens (including phenoxy) is 1. The molecule has 2 aromatic rings. The third-order valence-corrected chi connectivity index (χ3v) is 4.43. The lowest BCUT2D eigenvalue weighted by atomic mass is 10.1. The molecular formula is C20H27N3OS. The first kappa shape index (κ1) is 19.3. The highest BCUT2D eigenvalue weighted by Crippen LogP contribution is 2.25. The van der Waals surface area contributed by atoms with Crippen molar-refractivity contribution in [3.8, 4) is 5.75 Å². The number of benzene rings is 2. The first-order valence-electron chi connectivity index (χ1n) is 8.69. The molecule has 0 aliphatic rings. The number of hydrogen-bond acceptors (Lipinski definition) is 4. The Labute approximate surface area is 154 Å². The predicted octanol–water partition coefficient (Wildman–Crippen LogP) is 4.25. The van der Waals surface area contributed by atoms with Crippen molar-refractivity contribution in [2.24, 2.45) is 16.5 Å². The number of thioether (sulfide) groups is 1. The number of unbranched alkanes of at least 4 members (excludes halogenated alkanes) is 1. The molecule has 0 bridgehead atoms. The zero-order chi connectivity index (χ0) is 17.9. The highest BCUT2D eigenvalue weighted by Gasteiger charge is 2.05. The summed E-state index contributed by atoms with van der Waals surface area (Å²) in [6, 6.07) is 16.3. The van der Waals surface area contributed by atoms with Crippen LogP contribution in [0.1, 0.15) is 30.9 Å². The van der Waals surface area contributed by atoms with E-state index in [2.05, 4.69) is 29.3 Å². The summed E-state index contributed by atoms with van der Waals surface area (Å²) in [5.74, 6) is 1.74. The summed E-state index contributed by atoms with van der Waals surface area (Å²) in [6.07, 6.45) is 3.20. The molecule has 0 atom stereocenters. The molecule has 0 radical (unpaired) electrons.